The molecule has 140 valence electrons. The van der Waals surface area contributed by atoms with Crippen LogP contribution in [0.2, 0.25) is 0 Å². The van der Waals surface area contributed by atoms with Gasteiger partial charge in [0.1, 0.15) is 5.75 Å². The number of anilines is 2. The Bertz CT molecular complexity index is 851. The number of ether oxygens (including phenoxy) is 1. The van der Waals surface area contributed by atoms with Gasteiger partial charge in [0.15, 0.2) is 6.61 Å². The van der Waals surface area contributed by atoms with Crippen LogP contribution in [-0.4, -0.2) is 30.7 Å². The zero-order valence-corrected chi connectivity index (χ0v) is 15.8. The Hall–Kier alpha value is -2.47. The van der Waals surface area contributed by atoms with Crippen LogP contribution in [-0.2, 0) is 9.59 Å². The van der Waals surface area contributed by atoms with Gasteiger partial charge in [0, 0.05) is 29.1 Å². The fourth-order valence-corrected chi connectivity index (χ4v) is 4.06. The number of thioether (sulfide) groups is 1. The Morgan fingerprint density at radius 2 is 2.00 bits per heavy atom. The van der Waals surface area contributed by atoms with E-state index in [0.717, 1.165) is 35.6 Å². The molecule has 4 rings (SSSR count). The predicted octanol–water partition coefficient (Wildman–Crippen LogP) is 3.94. The molecule has 1 saturated carbocycles. The summed E-state index contributed by atoms with van der Waals surface area (Å²) in [4.78, 5) is 27.6. The van der Waals surface area contributed by atoms with Crippen molar-refractivity contribution in [3.8, 4) is 5.75 Å². The van der Waals surface area contributed by atoms with Crippen LogP contribution >= 0.6 is 11.8 Å². The molecule has 0 unspecified atom stereocenters. The molecular formula is C21H22N2O3S. The van der Waals surface area contributed by atoms with Gasteiger partial charge in [0.2, 0.25) is 5.91 Å². The quantitative estimate of drug-likeness (QED) is 0.851. The highest BCUT2D eigenvalue weighted by atomic mass is 32.2. The second kappa shape index (κ2) is 8.05. The maximum absolute atomic E-state index is 12.8. The molecule has 1 aliphatic heterocycles. The minimum absolute atomic E-state index is 0.0287. The molecule has 0 atom stereocenters. The largest absolute Gasteiger partial charge is 0.484 e. The van der Waals surface area contributed by atoms with Gasteiger partial charge in [0.25, 0.3) is 5.91 Å². The van der Waals surface area contributed by atoms with Crippen molar-refractivity contribution >= 4 is 35.0 Å². The zero-order chi connectivity index (χ0) is 18.6. The number of hydrogen-bond acceptors (Lipinski definition) is 4. The van der Waals surface area contributed by atoms with Crippen LogP contribution in [0.25, 0.3) is 0 Å². The number of nitrogens with one attached hydrogen (secondary N) is 1. The van der Waals surface area contributed by atoms with Gasteiger partial charge in [-0.15, -0.1) is 11.8 Å². The van der Waals surface area contributed by atoms with E-state index < -0.39 is 0 Å². The van der Waals surface area contributed by atoms with E-state index in [1.54, 1.807) is 23.9 Å². The fourth-order valence-electron chi connectivity index (χ4n) is 3.06. The van der Waals surface area contributed by atoms with Gasteiger partial charge >= 0.3 is 0 Å². The lowest BCUT2D eigenvalue weighted by atomic mass is 10.2. The number of para-hydroxylation sites is 1. The molecule has 2 amide bonds. The fraction of sp³-hybridized carbons (Fsp3) is 0.333. The summed E-state index contributed by atoms with van der Waals surface area (Å²) in [6, 6.07) is 15.2. The second-order valence-electron chi connectivity index (χ2n) is 6.80. The van der Waals surface area contributed by atoms with Crippen molar-refractivity contribution < 1.29 is 14.3 Å². The Morgan fingerprint density at radius 1 is 1.15 bits per heavy atom. The summed E-state index contributed by atoms with van der Waals surface area (Å²) >= 11 is 1.79. The Morgan fingerprint density at radius 3 is 2.85 bits per heavy atom. The van der Waals surface area contributed by atoms with Crippen LogP contribution in [0.3, 0.4) is 0 Å². The molecule has 1 fully saturated rings. The summed E-state index contributed by atoms with van der Waals surface area (Å²) in [5, 5.41) is 2.90. The van der Waals surface area contributed by atoms with Gasteiger partial charge in [-0.05, 0) is 49.3 Å². The van der Waals surface area contributed by atoms with Crippen molar-refractivity contribution in [1.82, 2.24) is 0 Å². The summed E-state index contributed by atoms with van der Waals surface area (Å²) in [5.74, 6) is 1.73. The number of benzene rings is 2. The Kier molecular flexibility index (Phi) is 5.34. The molecule has 2 aliphatic rings. The summed E-state index contributed by atoms with van der Waals surface area (Å²) < 4.78 is 5.73. The van der Waals surface area contributed by atoms with E-state index in [-0.39, 0.29) is 24.3 Å². The SMILES string of the molecule is O=C(Nc1cccc(OCC(=O)N2CCCSc3ccccc32)c1)C1CC1. The van der Waals surface area contributed by atoms with Crippen LogP contribution in [0, 0.1) is 5.92 Å². The number of hydrogen-bond donors (Lipinski definition) is 1. The number of fused-ring (bicyclic) bond motifs is 1. The summed E-state index contributed by atoms with van der Waals surface area (Å²) in [6.45, 7) is 0.669. The highest BCUT2D eigenvalue weighted by Crippen LogP contribution is 2.34. The molecule has 0 bridgehead atoms. The van der Waals surface area contributed by atoms with Crippen molar-refractivity contribution in [2.24, 2.45) is 5.92 Å². The first-order valence-electron chi connectivity index (χ1n) is 9.26. The summed E-state index contributed by atoms with van der Waals surface area (Å²) in [7, 11) is 0. The van der Waals surface area contributed by atoms with Crippen LogP contribution in [0.5, 0.6) is 5.75 Å². The van der Waals surface area contributed by atoms with Crippen molar-refractivity contribution in [3.63, 3.8) is 0 Å². The Balaban J connectivity index is 1.40. The third-order valence-corrected chi connectivity index (χ3v) is 5.80. The highest BCUT2D eigenvalue weighted by molar-refractivity contribution is 7.99. The molecule has 1 N–H and O–H groups in total. The van der Waals surface area contributed by atoms with Crippen LogP contribution < -0.4 is 15.0 Å². The van der Waals surface area contributed by atoms with E-state index >= 15 is 0 Å². The van der Waals surface area contributed by atoms with E-state index in [0.29, 0.717) is 18.0 Å². The maximum atomic E-state index is 12.8. The lowest BCUT2D eigenvalue weighted by Gasteiger charge is -2.22. The molecule has 2 aromatic rings. The van der Waals surface area contributed by atoms with Gasteiger partial charge < -0.3 is 15.0 Å². The topological polar surface area (TPSA) is 58.6 Å². The third kappa shape index (κ3) is 4.45. The van der Waals surface area contributed by atoms with Crippen molar-refractivity contribution in [2.45, 2.75) is 24.2 Å². The molecule has 1 aliphatic carbocycles. The van der Waals surface area contributed by atoms with E-state index in [4.69, 9.17) is 4.74 Å². The first-order chi connectivity index (χ1) is 13.2. The van der Waals surface area contributed by atoms with Crippen molar-refractivity contribution in [2.75, 3.05) is 29.1 Å². The number of amides is 2. The molecule has 2 aromatic carbocycles. The molecule has 1 heterocycles. The number of carbonyl (C=O) groups excluding carboxylic acids is 2. The van der Waals surface area contributed by atoms with Gasteiger partial charge in [-0.2, -0.15) is 0 Å². The van der Waals surface area contributed by atoms with Gasteiger partial charge in [-0.1, -0.05) is 18.2 Å². The first-order valence-corrected chi connectivity index (χ1v) is 10.3. The molecule has 0 aromatic heterocycles. The predicted molar refractivity (Wildman–Crippen MR) is 107 cm³/mol. The molecule has 27 heavy (non-hydrogen) atoms. The maximum Gasteiger partial charge on any atom is 0.264 e. The van der Waals surface area contributed by atoms with E-state index in [2.05, 4.69) is 11.4 Å². The minimum atomic E-state index is -0.0580. The van der Waals surface area contributed by atoms with Crippen molar-refractivity contribution in [3.05, 3.63) is 48.5 Å². The van der Waals surface area contributed by atoms with E-state index in [1.165, 1.54) is 0 Å². The lowest BCUT2D eigenvalue weighted by molar-refractivity contribution is -0.120. The van der Waals surface area contributed by atoms with Gasteiger partial charge in [-0.3, -0.25) is 9.59 Å². The van der Waals surface area contributed by atoms with Crippen LogP contribution in [0.1, 0.15) is 19.3 Å². The number of carbonyl (C=O) groups is 2. The Labute approximate surface area is 163 Å². The van der Waals surface area contributed by atoms with Gasteiger partial charge in [-0.25, -0.2) is 0 Å². The second-order valence-corrected chi connectivity index (χ2v) is 7.93. The average molecular weight is 382 g/mol. The molecule has 5 nitrogen and oxygen atoms in total. The normalized spacial score (nSPS) is 16.2. The lowest BCUT2D eigenvalue weighted by Crippen LogP contribution is -2.35. The highest BCUT2D eigenvalue weighted by Gasteiger charge is 2.29. The molecular weight excluding hydrogens is 360 g/mol. The summed E-state index contributed by atoms with van der Waals surface area (Å²) in [6.07, 6.45) is 2.88. The standard InChI is InChI=1S/C21H22N2O3S/c24-20(23-11-4-12-27-19-8-2-1-7-18(19)23)14-26-17-6-3-5-16(13-17)22-21(25)15-9-10-15/h1-3,5-8,13,15H,4,9-12,14H2,(H,22,25). The van der Waals surface area contributed by atoms with E-state index in [1.807, 2.05) is 35.2 Å². The van der Waals surface area contributed by atoms with Gasteiger partial charge in [0.05, 0.1) is 5.69 Å². The van der Waals surface area contributed by atoms with Crippen LogP contribution in [0.15, 0.2) is 53.4 Å². The molecule has 0 saturated heterocycles. The van der Waals surface area contributed by atoms with Crippen molar-refractivity contribution in [1.29, 1.82) is 0 Å². The average Bonchev–Trinajstić information content (AvgIpc) is 3.53. The molecule has 6 heteroatoms. The molecule has 0 spiro atoms. The number of nitrogens with zero attached hydrogens (tertiary/aromatic N) is 1. The third-order valence-electron chi connectivity index (χ3n) is 4.65. The minimum Gasteiger partial charge on any atom is -0.484 e. The monoisotopic (exact) mass is 382 g/mol. The smallest absolute Gasteiger partial charge is 0.264 e. The van der Waals surface area contributed by atoms with Crippen LogP contribution in [0.4, 0.5) is 11.4 Å². The summed E-state index contributed by atoms with van der Waals surface area (Å²) in [5.41, 5.74) is 1.66. The first kappa shape index (κ1) is 17.9. The zero-order valence-electron chi connectivity index (χ0n) is 15.0. The van der Waals surface area contributed by atoms with E-state index in [9.17, 15) is 9.59 Å². The molecule has 0 radical (unpaired) electrons. The number of rotatable bonds is 5.